The summed E-state index contributed by atoms with van der Waals surface area (Å²) in [5.74, 6) is -3.39. The molecule has 11 nitrogen and oxygen atoms in total. The molecule has 2 rings (SSSR count). The maximum atomic E-state index is 12.6. The van der Waals surface area contributed by atoms with Gasteiger partial charge in [0.1, 0.15) is 11.6 Å². The molecule has 11 heteroatoms. The quantitative estimate of drug-likeness (QED) is 0.529. The SMILES string of the molecule is Cc1c(C#N)c(O)n(CC(C)O)c(=O)c1N=Nc1cc(C(=O)O)cc(C(=O)O)c1. The van der Waals surface area contributed by atoms with Crippen molar-refractivity contribution < 1.29 is 30.0 Å². The Morgan fingerprint density at radius 3 is 2.17 bits per heavy atom. The van der Waals surface area contributed by atoms with Crippen LogP contribution in [-0.4, -0.2) is 43.0 Å². The van der Waals surface area contributed by atoms with Crippen molar-refractivity contribution in [3.05, 3.63) is 50.8 Å². The van der Waals surface area contributed by atoms with Gasteiger partial charge in [-0.05, 0) is 32.0 Å². The van der Waals surface area contributed by atoms with E-state index in [2.05, 4.69) is 10.2 Å². The predicted molar refractivity (Wildman–Crippen MR) is 98.0 cm³/mol. The van der Waals surface area contributed by atoms with Gasteiger partial charge in [-0.1, -0.05) is 0 Å². The summed E-state index contributed by atoms with van der Waals surface area (Å²) in [6.07, 6.45) is -1.01. The number of carboxylic acids is 2. The molecular weight excluding hydrogens is 384 g/mol. The van der Waals surface area contributed by atoms with Crippen LogP contribution in [0, 0.1) is 18.3 Å². The smallest absolute Gasteiger partial charge is 0.335 e. The standard InChI is InChI=1S/C18H16N4O7/c1-8(23)7-22-15(24)13(6-19)9(2)14(16(22)25)21-20-12-4-10(17(26)27)3-11(5-12)18(28)29/h3-5,8,23-24H,7H2,1-2H3,(H,26,27)(H,28,29). The Morgan fingerprint density at radius 2 is 1.72 bits per heavy atom. The van der Waals surface area contributed by atoms with Crippen LogP contribution < -0.4 is 5.56 Å². The van der Waals surface area contributed by atoms with Gasteiger partial charge in [0.25, 0.3) is 5.56 Å². The Bertz CT molecular complexity index is 1090. The number of rotatable bonds is 6. The van der Waals surface area contributed by atoms with Gasteiger partial charge < -0.3 is 20.4 Å². The molecule has 0 amide bonds. The van der Waals surface area contributed by atoms with E-state index in [1.165, 1.54) is 13.8 Å². The number of carbonyl (C=O) groups is 2. The maximum Gasteiger partial charge on any atom is 0.335 e. The number of azo groups is 1. The van der Waals surface area contributed by atoms with Crippen LogP contribution in [0.5, 0.6) is 5.88 Å². The molecule has 0 aliphatic heterocycles. The second-order valence-electron chi connectivity index (χ2n) is 6.13. The molecule has 1 aromatic heterocycles. The highest BCUT2D eigenvalue weighted by molar-refractivity contribution is 5.95. The summed E-state index contributed by atoms with van der Waals surface area (Å²) < 4.78 is 0.765. The molecule has 0 saturated heterocycles. The van der Waals surface area contributed by atoms with Crippen LogP contribution in [0.15, 0.2) is 33.2 Å². The zero-order valence-corrected chi connectivity index (χ0v) is 15.3. The molecule has 0 bridgehead atoms. The highest BCUT2D eigenvalue weighted by Gasteiger charge is 2.20. The number of hydrogen-bond acceptors (Lipinski definition) is 8. The minimum absolute atomic E-state index is 0.0217. The lowest BCUT2D eigenvalue weighted by Gasteiger charge is -2.14. The van der Waals surface area contributed by atoms with Gasteiger partial charge in [-0.25, -0.2) is 9.59 Å². The van der Waals surface area contributed by atoms with E-state index >= 15 is 0 Å². The average molecular weight is 400 g/mol. The summed E-state index contributed by atoms with van der Waals surface area (Å²) in [6.45, 7) is 2.43. The number of nitrogens with zero attached hydrogens (tertiary/aromatic N) is 4. The third kappa shape index (κ3) is 4.45. The van der Waals surface area contributed by atoms with Crippen LogP contribution in [0.25, 0.3) is 0 Å². The summed E-state index contributed by atoms with van der Waals surface area (Å²) in [5, 5.41) is 54.6. The molecule has 0 fully saturated rings. The van der Waals surface area contributed by atoms with Crippen molar-refractivity contribution in [1.82, 2.24) is 4.57 Å². The Morgan fingerprint density at radius 1 is 1.17 bits per heavy atom. The van der Waals surface area contributed by atoms with Crippen molar-refractivity contribution >= 4 is 23.3 Å². The molecule has 0 radical (unpaired) electrons. The summed E-state index contributed by atoms with van der Waals surface area (Å²) in [5.41, 5.74) is -2.21. The third-order valence-corrected chi connectivity index (χ3v) is 3.89. The first-order valence-corrected chi connectivity index (χ1v) is 8.14. The van der Waals surface area contributed by atoms with Gasteiger partial charge >= 0.3 is 11.9 Å². The van der Waals surface area contributed by atoms with Gasteiger partial charge in [-0.2, -0.15) is 10.4 Å². The van der Waals surface area contributed by atoms with E-state index in [9.17, 15) is 29.9 Å². The lowest BCUT2D eigenvalue weighted by atomic mass is 10.1. The number of aliphatic hydroxyl groups excluding tert-OH is 1. The molecule has 0 aliphatic carbocycles. The van der Waals surface area contributed by atoms with Crippen molar-refractivity contribution in [2.24, 2.45) is 10.2 Å². The van der Waals surface area contributed by atoms with Gasteiger partial charge in [0, 0.05) is 5.56 Å². The van der Waals surface area contributed by atoms with E-state index in [1.807, 2.05) is 0 Å². The van der Waals surface area contributed by atoms with Crippen LogP contribution in [0.4, 0.5) is 11.4 Å². The Balaban J connectivity index is 2.67. The van der Waals surface area contributed by atoms with Crippen LogP contribution >= 0.6 is 0 Å². The fraction of sp³-hybridized carbons (Fsp3) is 0.222. The lowest BCUT2D eigenvalue weighted by Crippen LogP contribution is -2.26. The van der Waals surface area contributed by atoms with Crippen molar-refractivity contribution in [2.45, 2.75) is 26.5 Å². The number of carboxylic acid groups (broad SMARTS) is 2. The highest BCUT2D eigenvalue weighted by atomic mass is 16.4. The topological polar surface area (TPSA) is 186 Å². The predicted octanol–water partition coefficient (Wildman–Crippen LogP) is 1.93. The number of nitriles is 1. The van der Waals surface area contributed by atoms with E-state index in [1.54, 1.807) is 6.07 Å². The van der Waals surface area contributed by atoms with Crippen LogP contribution in [0.1, 0.15) is 38.8 Å². The number of aromatic hydroxyl groups is 1. The number of aromatic carboxylic acids is 2. The number of hydrogen-bond donors (Lipinski definition) is 4. The van der Waals surface area contributed by atoms with E-state index in [-0.39, 0.29) is 40.2 Å². The average Bonchev–Trinajstić information content (AvgIpc) is 2.65. The molecule has 0 aliphatic rings. The third-order valence-electron chi connectivity index (χ3n) is 3.89. The number of benzene rings is 1. The van der Waals surface area contributed by atoms with Crippen LogP contribution in [0.2, 0.25) is 0 Å². The zero-order chi connectivity index (χ0) is 21.9. The van der Waals surface area contributed by atoms with Gasteiger partial charge in [0.2, 0.25) is 5.88 Å². The normalized spacial score (nSPS) is 11.9. The molecular formula is C18H16N4O7. The van der Waals surface area contributed by atoms with Crippen LogP contribution in [0.3, 0.4) is 0 Å². The maximum absolute atomic E-state index is 12.6. The molecule has 29 heavy (non-hydrogen) atoms. The Kier molecular flexibility index (Phi) is 6.10. The van der Waals surface area contributed by atoms with Gasteiger partial charge in [0.15, 0.2) is 5.69 Å². The summed E-state index contributed by atoms with van der Waals surface area (Å²) in [4.78, 5) is 35.0. The fourth-order valence-corrected chi connectivity index (χ4v) is 2.51. The van der Waals surface area contributed by atoms with E-state index < -0.39 is 29.5 Å². The van der Waals surface area contributed by atoms with Crippen molar-refractivity contribution in [3.63, 3.8) is 0 Å². The molecule has 1 unspecified atom stereocenters. The highest BCUT2D eigenvalue weighted by Crippen LogP contribution is 2.27. The molecule has 4 N–H and O–H groups in total. The number of aromatic nitrogens is 1. The lowest BCUT2D eigenvalue weighted by molar-refractivity contribution is 0.0696. The zero-order valence-electron chi connectivity index (χ0n) is 15.3. The molecule has 1 heterocycles. The molecule has 0 saturated carbocycles. The first kappa shape index (κ1) is 21.3. The molecule has 2 aromatic rings. The second kappa shape index (κ2) is 8.32. The van der Waals surface area contributed by atoms with E-state index in [4.69, 9.17) is 10.2 Å². The Labute approximate surface area is 163 Å². The first-order valence-electron chi connectivity index (χ1n) is 8.14. The van der Waals surface area contributed by atoms with E-state index in [0.29, 0.717) is 0 Å². The van der Waals surface area contributed by atoms with Crippen molar-refractivity contribution in [2.75, 3.05) is 0 Å². The second-order valence-corrected chi connectivity index (χ2v) is 6.13. The minimum Gasteiger partial charge on any atom is -0.493 e. The fourth-order valence-electron chi connectivity index (χ4n) is 2.51. The van der Waals surface area contributed by atoms with Gasteiger partial charge in [-0.15, -0.1) is 5.11 Å². The largest absolute Gasteiger partial charge is 0.493 e. The number of aliphatic hydroxyl groups is 1. The summed E-state index contributed by atoms with van der Waals surface area (Å²) >= 11 is 0. The summed E-state index contributed by atoms with van der Waals surface area (Å²) in [7, 11) is 0. The monoisotopic (exact) mass is 400 g/mol. The minimum atomic E-state index is -1.38. The van der Waals surface area contributed by atoms with E-state index in [0.717, 1.165) is 22.8 Å². The van der Waals surface area contributed by atoms with Crippen molar-refractivity contribution in [1.29, 1.82) is 5.26 Å². The molecule has 1 aromatic carbocycles. The van der Waals surface area contributed by atoms with Gasteiger partial charge in [0.05, 0.1) is 29.5 Å². The molecule has 150 valence electrons. The molecule has 1 atom stereocenters. The number of pyridine rings is 1. The first-order chi connectivity index (χ1) is 13.6. The van der Waals surface area contributed by atoms with Gasteiger partial charge in [-0.3, -0.25) is 9.36 Å². The summed E-state index contributed by atoms with van der Waals surface area (Å²) in [6, 6.07) is 4.81. The van der Waals surface area contributed by atoms with Crippen LogP contribution in [-0.2, 0) is 6.54 Å². The molecule has 0 spiro atoms. The van der Waals surface area contributed by atoms with Crippen molar-refractivity contribution in [3.8, 4) is 11.9 Å². The Hall–Kier alpha value is -4.04.